The van der Waals surface area contributed by atoms with Crippen molar-refractivity contribution in [2.45, 2.75) is 39.3 Å². The molecule has 4 nitrogen and oxygen atoms in total. The fourth-order valence-corrected chi connectivity index (χ4v) is 3.23. The summed E-state index contributed by atoms with van der Waals surface area (Å²) in [6.07, 6.45) is 1.05. The maximum absolute atomic E-state index is 12.4. The molecule has 0 saturated carbocycles. The maximum atomic E-state index is 12.4. The Balaban J connectivity index is 0.00000162. The second kappa shape index (κ2) is 5.55. The highest BCUT2D eigenvalue weighted by atomic mass is 35.5. The summed E-state index contributed by atoms with van der Waals surface area (Å²) in [5.74, 6) is 0.594. The molecule has 2 heterocycles. The van der Waals surface area contributed by atoms with Gasteiger partial charge < -0.3 is 10.6 Å². The smallest absolute Gasteiger partial charge is 0.273 e. The van der Waals surface area contributed by atoms with Gasteiger partial charge in [0.2, 0.25) is 0 Å². The number of hydrogen-bond donors (Lipinski definition) is 1. The van der Waals surface area contributed by atoms with E-state index in [1.54, 1.807) is 0 Å². The van der Waals surface area contributed by atoms with E-state index in [-0.39, 0.29) is 23.9 Å². The van der Waals surface area contributed by atoms with Crippen molar-refractivity contribution in [2.75, 3.05) is 6.54 Å². The van der Waals surface area contributed by atoms with E-state index in [1.807, 2.05) is 10.3 Å². The molecule has 6 heteroatoms. The van der Waals surface area contributed by atoms with E-state index < -0.39 is 0 Å². The van der Waals surface area contributed by atoms with Gasteiger partial charge in [-0.1, -0.05) is 6.92 Å². The molecule has 1 aromatic rings. The van der Waals surface area contributed by atoms with Crippen LogP contribution in [0.15, 0.2) is 5.38 Å². The van der Waals surface area contributed by atoms with Gasteiger partial charge in [0.15, 0.2) is 0 Å². The monoisotopic (exact) mass is 289 g/mol. The first kappa shape index (κ1) is 15.4. The zero-order valence-corrected chi connectivity index (χ0v) is 12.6. The van der Waals surface area contributed by atoms with Crippen LogP contribution in [0.4, 0.5) is 0 Å². The number of aromatic nitrogens is 1. The Labute approximate surface area is 118 Å². The zero-order valence-electron chi connectivity index (χ0n) is 11.0. The fraction of sp³-hybridized carbons (Fsp3) is 0.667. The topological polar surface area (TPSA) is 59.2 Å². The van der Waals surface area contributed by atoms with Crippen LogP contribution in [0.25, 0.3) is 0 Å². The molecule has 2 N–H and O–H groups in total. The molecule has 1 aromatic heterocycles. The molecule has 0 bridgehead atoms. The molecule has 0 aliphatic carbocycles. The number of likely N-dealkylation sites (tertiary alicyclic amines) is 1. The number of rotatable bonds is 2. The molecule has 1 fully saturated rings. The average Bonchev–Trinajstić information content (AvgIpc) is 2.81. The van der Waals surface area contributed by atoms with Crippen LogP contribution in [0, 0.1) is 5.92 Å². The van der Waals surface area contributed by atoms with Crippen LogP contribution in [0.2, 0.25) is 0 Å². The first-order valence-corrected chi connectivity index (χ1v) is 6.78. The number of nitrogens with two attached hydrogens (primary N) is 1. The average molecular weight is 290 g/mol. The maximum Gasteiger partial charge on any atom is 0.273 e. The highest BCUT2D eigenvalue weighted by Gasteiger charge is 2.40. The van der Waals surface area contributed by atoms with Crippen molar-refractivity contribution >= 4 is 29.7 Å². The van der Waals surface area contributed by atoms with Gasteiger partial charge in [-0.15, -0.1) is 23.7 Å². The van der Waals surface area contributed by atoms with Gasteiger partial charge in [0.05, 0.1) is 0 Å². The number of carbonyl (C=O) groups excluding carboxylic acids is 1. The summed E-state index contributed by atoms with van der Waals surface area (Å²) < 4.78 is 0. The predicted molar refractivity (Wildman–Crippen MR) is 76.1 cm³/mol. The minimum atomic E-state index is -0.0665. The third kappa shape index (κ3) is 2.84. The van der Waals surface area contributed by atoms with Gasteiger partial charge in [-0.25, -0.2) is 4.98 Å². The van der Waals surface area contributed by atoms with Gasteiger partial charge in [-0.05, 0) is 26.2 Å². The number of amides is 1. The Morgan fingerprint density at radius 2 is 2.33 bits per heavy atom. The van der Waals surface area contributed by atoms with E-state index in [9.17, 15) is 4.79 Å². The Morgan fingerprint density at radius 1 is 1.67 bits per heavy atom. The summed E-state index contributed by atoms with van der Waals surface area (Å²) in [5, 5.41) is 2.63. The second-order valence-corrected chi connectivity index (χ2v) is 6.31. The lowest BCUT2D eigenvalue weighted by Gasteiger charge is -2.30. The highest BCUT2D eigenvalue weighted by Crippen LogP contribution is 2.33. The van der Waals surface area contributed by atoms with E-state index in [2.05, 4.69) is 25.8 Å². The van der Waals surface area contributed by atoms with Crippen molar-refractivity contribution < 1.29 is 4.79 Å². The van der Waals surface area contributed by atoms with Crippen LogP contribution in [0.3, 0.4) is 0 Å². The molecule has 0 aromatic carbocycles. The molecule has 18 heavy (non-hydrogen) atoms. The van der Waals surface area contributed by atoms with Crippen LogP contribution < -0.4 is 5.73 Å². The fourth-order valence-electron chi connectivity index (χ4n) is 2.59. The third-order valence-electron chi connectivity index (χ3n) is 3.26. The van der Waals surface area contributed by atoms with E-state index >= 15 is 0 Å². The summed E-state index contributed by atoms with van der Waals surface area (Å²) in [7, 11) is 0. The van der Waals surface area contributed by atoms with Crippen LogP contribution in [0.1, 0.15) is 42.7 Å². The van der Waals surface area contributed by atoms with E-state index in [0.717, 1.165) is 18.0 Å². The van der Waals surface area contributed by atoms with Crippen molar-refractivity contribution in [3.63, 3.8) is 0 Å². The number of thiazole rings is 1. The molecular formula is C12H20ClN3OS. The number of carbonyl (C=O) groups is 1. The lowest BCUT2D eigenvalue weighted by atomic mass is 9.97. The van der Waals surface area contributed by atoms with Crippen LogP contribution in [-0.2, 0) is 6.54 Å². The van der Waals surface area contributed by atoms with Crippen molar-refractivity contribution in [1.29, 1.82) is 0 Å². The molecular weight excluding hydrogens is 270 g/mol. The van der Waals surface area contributed by atoms with E-state index in [1.165, 1.54) is 11.3 Å². The molecule has 102 valence electrons. The first-order chi connectivity index (χ1) is 7.94. The Morgan fingerprint density at radius 3 is 2.78 bits per heavy atom. The lowest BCUT2D eigenvalue weighted by molar-refractivity contribution is 0.0644. The van der Waals surface area contributed by atoms with Gasteiger partial charge in [-0.3, -0.25) is 4.79 Å². The van der Waals surface area contributed by atoms with Crippen molar-refractivity contribution in [3.05, 3.63) is 16.1 Å². The minimum absolute atomic E-state index is 0. The summed E-state index contributed by atoms with van der Waals surface area (Å²) in [4.78, 5) is 18.6. The highest BCUT2D eigenvalue weighted by molar-refractivity contribution is 7.09. The van der Waals surface area contributed by atoms with Crippen LogP contribution in [-0.4, -0.2) is 27.9 Å². The molecule has 1 aliphatic rings. The summed E-state index contributed by atoms with van der Waals surface area (Å²) >= 11 is 1.45. The van der Waals surface area contributed by atoms with Crippen molar-refractivity contribution in [2.24, 2.45) is 11.7 Å². The van der Waals surface area contributed by atoms with Crippen LogP contribution in [0.5, 0.6) is 0 Å². The molecule has 1 unspecified atom stereocenters. The lowest BCUT2D eigenvalue weighted by Crippen LogP contribution is -2.42. The third-order valence-corrected chi connectivity index (χ3v) is 4.13. The number of nitrogens with zero attached hydrogens (tertiary/aromatic N) is 2. The summed E-state index contributed by atoms with van der Waals surface area (Å²) in [6, 6.07) is 0. The van der Waals surface area contributed by atoms with E-state index in [0.29, 0.717) is 18.2 Å². The van der Waals surface area contributed by atoms with Gasteiger partial charge in [0.25, 0.3) is 5.91 Å². The van der Waals surface area contributed by atoms with Gasteiger partial charge >= 0.3 is 0 Å². The molecule has 0 radical (unpaired) electrons. The molecule has 0 spiro atoms. The molecule has 2 rings (SSSR count). The van der Waals surface area contributed by atoms with Gasteiger partial charge in [0.1, 0.15) is 10.7 Å². The number of halogens is 1. The van der Waals surface area contributed by atoms with Crippen molar-refractivity contribution in [3.8, 4) is 0 Å². The van der Waals surface area contributed by atoms with Gasteiger partial charge in [-0.2, -0.15) is 0 Å². The largest absolute Gasteiger partial charge is 0.332 e. The molecule has 1 amide bonds. The zero-order chi connectivity index (χ0) is 12.6. The predicted octanol–water partition coefficient (Wildman–Crippen LogP) is 2.28. The summed E-state index contributed by atoms with van der Waals surface area (Å²) in [5.41, 5.74) is 5.99. The Kier molecular flexibility index (Phi) is 4.75. The standard InChI is InChI=1S/C12H19N3OS.ClH/c1-8-4-12(2,3)15(6-8)11(16)9-7-17-10(5-13)14-9;/h7-8H,4-6,13H2,1-3H3;1H. The second-order valence-electron chi connectivity index (χ2n) is 5.37. The first-order valence-electron chi connectivity index (χ1n) is 5.90. The Bertz CT molecular complexity index is 433. The normalized spacial score (nSPS) is 21.8. The van der Waals surface area contributed by atoms with E-state index in [4.69, 9.17) is 5.73 Å². The number of hydrogen-bond acceptors (Lipinski definition) is 4. The van der Waals surface area contributed by atoms with Crippen LogP contribution >= 0.6 is 23.7 Å². The Hall–Kier alpha value is -0.650. The molecule has 1 aliphatic heterocycles. The SMILES string of the molecule is CC1CN(C(=O)c2csc(CN)n2)C(C)(C)C1.Cl. The molecule has 1 atom stereocenters. The van der Waals surface area contributed by atoms with Gasteiger partial charge in [0, 0.05) is 24.0 Å². The van der Waals surface area contributed by atoms with Crippen molar-refractivity contribution in [1.82, 2.24) is 9.88 Å². The molecule has 1 saturated heterocycles. The quantitative estimate of drug-likeness (QED) is 0.909. The minimum Gasteiger partial charge on any atom is -0.332 e. The summed E-state index contributed by atoms with van der Waals surface area (Å²) in [6.45, 7) is 7.63.